The van der Waals surface area contributed by atoms with Crippen molar-refractivity contribution >= 4 is 5.91 Å². The van der Waals surface area contributed by atoms with Crippen LogP contribution in [0.4, 0.5) is 0 Å². The van der Waals surface area contributed by atoms with Crippen molar-refractivity contribution in [3.8, 4) is 5.75 Å². The molecule has 1 amide bonds. The summed E-state index contributed by atoms with van der Waals surface area (Å²) < 4.78 is 5.60. The zero-order chi connectivity index (χ0) is 22.1. The lowest BCUT2D eigenvalue weighted by molar-refractivity contribution is -0.769. The van der Waals surface area contributed by atoms with Crippen molar-refractivity contribution in [1.29, 1.82) is 0 Å². The summed E-state index contributed by atoms with van der Waals surface area (Å²) >= 11 is 0. The molecule has 30 heavy (non-hydrogen) atoms. The van der Waals surface area contributed by atoms with E-state index in [1.165, 1.54) is 0 Å². The standard InChI is InChI=1S/C21H33N3O6/c1-21(2,3)22-13-17(25)14-29-18-8-4-15(5-9-18)12-20(26)23-16-6-10-19(11-7-16)30-24(27)28/h4-5,8-9,16-17,19,22,25H,6-7,10-14H2,1-3H3,(H,23,26)/t16-,17?,19+. The molecule has 3 N–H and O–H groups in total. The third-order valence-electron chi connectivity index (χ3n) is 4.87. The number of ether oxygens (including phenoxy) is 1. The lowest BCUT2D eigenvalue weighted by Crippen LogP contribution is -2.42. The van der Waals surface area contributed by atoms with Gasteiger partial charge in [-0.25, -0.2) is 0 Å². The second-order valence-electron chi connectivity index (χ2n) is 8.79. The summed E-state index contributed by atoms with van der Waals surface area (Å²) in [5, 5.41) is 25.8. The van der Waals surface area contributed by atoms with Crippen LogP contribution in [0.2, 0.25) is 0 Å². The Morgan fingerprint density at radius 2 is 1.87 bits per heavy atom. The minimum atomic E-state index is -0.750. The van der Waals surface area contributed by atoms with Gasteiger partial charge in [-0.2, -0.15) is 0 Å². The monoisotopic (exact) mass is 423 g/mol. The number of benzene rings is 1. The van der Waals surface area contributed by atoms with E-state index in [0.29, 0.717) is 38.0 Å². The third-order valence-corrected chi connectivity index (χ3v) is 4.87. The van der Waals surface area contributed by atoms with Crippen molar-refractivity contribution < 1.29 is 24.6 Å². The molecule has 0 heterocycles. The number of nitrogens with zero attached hydrogens (tertiary/aromatic N) is 1. The molecule has 1 fully saturated rings. The van der Waals surface area contributed by atoms with Gasteiger partial charge in [0.2, 0.25) is 5.91 Å². The molecule has 1 aliphatic carbocycles. The fourth-order valence-electron chi connectivity index (χ4n) is 3.28. The zero-order valence-electron chi connectivity index (χ0n) is 17.9. The number of carbonyl (C=O) groups excluding carboxylic acids is 1. The average Bonchev–Trinajstić information content (AvgIpc) is 2.66. The molecular weight excluding hydrogens is 390 g/mol. The Hall–Kier alpha value is -2.39. The Balaban J connectivity index is 1.69. The minimum Gasteiger partial charge on any atom is -0.491 e. The maximum absolute atomic E-state index is 12.3. The van der Waals surface area contributed by atoms with Crippen LogP contribution in [0.1, 0.15) is 52.0 Å². The molecule has 0 aliphatic heterocycles. The first-order valence-electron chi connectivity index (χ1n) is 10.4. The Bertz CT molecular complexity index is 681. The van der Waals surface area contributed by atoms with Crippen LogP contribution in [-0.4, -0.2) is 53.0 Å². The fraction of sp³-hybridized carbons (Fsp3) is 0.667. The van der Waals surface area contributed by atoms with Gasteiger partial charge in [0.25, 0.3) is 5.09 Å². The van der Waals surface area contributed by atoms with E-state index in [-0.39, 0.29) is 36.6 Å². The Morgan fingerprint density at radius 3 is 2.43 bits per heavy atom. The van der Waals surface area contributed by atoms with Crippen molar-refractivity contribution in [2.75, 3.05) is 13.2 Å². The molecule has 0 aromatic heterocycles. The van der Waals surface area contributed by atoms with Gasteiger partial charge in [0.1, 0.15) is 24.6 Å². The predicted octanol–water partition coefficient (Wildman–Crippen LogP) is 1.99. The quantitative estimate of drug-likeness (QED) is 0.388. The summed E-state index contributed by atoms with van der Waals surface area (Å²) in [5.41, 5.74) is 0.797. The van der Waals surface area contributed by atoms with Crippen molar-refractivity contribution in [3.63, 3.8) is 0 Å². The summed E-state index contributed by atoms with van der Waals surface area (Å²) in [5.74, 6) is 0.559. The van der Waals surface area contributed by atoms with Crippen LogP contribution in [0.5, 0.6) is 5.75 Å². The average molecular weight is 424 g/mol. The molecule has 0 bridgehead atoms. The number of hydrogen-bond donors (Lipinski definition) is 3. The van der Waals surface area contributed by atoms with Crippen LogP contribution >= 0.6 is 0 Å². The van der Waals surface area contributed by atoms with Gasteiger partial charge in [0, 0.05) is 18.1 Å². The van der Waals surface area contributed by atoms with E-state index in [4.69, 9.17) is 4.74 Å². The van der Waals surface area contributed by atoms with E-state index < -0.39 is 11.2 Å². The fourth-order valence-corrected chi connectivity index (χ4v) is 3.28. The van der Waals surface area contributed by atoms with E-state index >= 15 is 0 Å². The molecular formula is C21H33N3O6. The molecule has 1 aromatic carbocycles. The number of hydrogen-bond acceptors (Lipinski definition) is 7. The molecule has 0 radical (unpaired) electrons. The van der Waals surface area contributed by atoms with E-state index in [0.717, 1.165) is 5.56 Å². The van der Waals surface area contributed by atoms with Crippen molar-refractivity contribution in [2.24, 2.45) is 0 Å². The highest BCUT2D eigenvalue weighted by atomic mass is 17.0. The Kier molecular flexibility index (Phi) is 8.86. The number of aliphatic hydroxyl groups excluding tert-OH is 1. The smallest absolute Gasteiger partial charge is 0.294 e. The van der Waals surface area contributed by atoms with Crippen LogP contribution in [0.3, 0.4) is 0 Å². The van der Waals surface area contributed by atoms with E-state index in [1.54, 1.807) is 12.1 Å². The lowest BCUT2D eigenvalue weighted by Gasteiger charge is -2.27. The number of amides is 1. The highest BCUT2D eigenvalue weighted by molar-refractivity contribution is 5.78. The van der Waals surface area contributed by atoms with Gasteiger partial charge in [-0.3, -0.25) is 4.79 Å². The summed E-state index contributed by atoms with van der Waals surface area (Å²) in [6.07, 6.45) is 1.74. The maximum atomic E-state index is 12.3. The van der Waals surface area contributed by atoms with Gasteiger partial charge in [-0.1, -0.05) is 12.1 Å². The molecule has 168 valence electrons. The first-order chi connectivity index (χ1) is 14.1. The largest absolute Gasteiger partial charge is 0.491 e. The van der Waals surface area contributed by atoms with Gasteiger partial charge in [0.15, 0.2) is 0 Å². The lowest BCUT2D eigenvalue weighted by atomic mass is 9.93. The minimum absolute atomic E-state index is 0.0231. The molecule has 1 atom stereocenters. The topological polar surface area (TPSA) is 123 Å². The van der Waals surface area contributed by atoms with Crippen molar-refractivity contribution in [2.45, 2.75) is 76.7 Å². The van der Waals surface area contributed by atoms with Gasteiger partial charge >= 0.3 is 0 Å². The molecule has 0 spiro atoms. The van der Waals surface area contributed by atoms with Gasteiger partial charge in [-0.15, -0.1) is 10.1 Å². The first-order valence-corrected chi connectivity index (χ1v) is 10.4. The number of rotatable bonds is 10. The number of aliphatic hydroxyl groups is 1. The zero-order valence-corrected chi connectivity index (χ0v) is 17.9. The van der Waals surface area contributed by atoms with Crippen LogP contribution in [0, 0.1) is 10.1 Å². The van der Waals surface area contributed by atoms with Crippen LogP contribution in [0.15, 0.2) is 24.3 Å². The molecule has 1 unspecified atom stereocenters. The van der Waals surface area contributed by atoms with Crippen molar-refractivity contribution in [1.82, 2.24) is 10.6 Å². The highest BCUT2D eigenvalue weighted by Gasteiger charge is 2.24. The SMILES string of the molecule is CC(C)(C)NCC(O)COc1ccc(CC(=O)N[C@H]2CC[C@@H](O[N+](=O)[O-])CC2)cc1. The molecule has 1 aliphatic rings. The van der Waals surface area contributed by atoms with Crippen LogP contribution in [0.25, 0.3) is 0 Å². The van der Waals surface area contributed by atoms with Crippen molar-refractivity contribution in [3.05, 3.63) is 39.9 Å². The molecule has 2 rings (SSSR count). The summed E-state index contributed by atoms with van der Waals surface area (Å²) in [6.45, 7) is 6.73. The van der Waals surface area contributed by atoms with Crippen LogP contribution in [-0.2, 0) is 16.1 Å². The Labute approximate surface area is 177 Å². The highest BCUT2D eigenvalue weighted by Crippen LogP contribution is 2.21. The summed E-state index contributed by atoms with van der Waals surface area (Å²) in [4.78, 5) is 27.2. The maximum Gasteiger partial charge on any atom is 0.294 e. The van der Waals surface area contributed by atoms with Gasteiger partial charge < -0.3 is 25.3 Å². The summed E-state index contributed by atoms with van der Waals surface area (Å²) in [7, 11) is 0. The van der Waals surface area contributed by atoms with E-state index in [1.807, 2.05) is 32.9 Å². The molecule has 9 nitrogen and oxygen atoms in total. The molecule has 0 saturated heterocycles. The van der Waals surface area contributed by atoms with Gasteiger partial charge in [-0.05, 0) is 64.2 Å². The Morgan fingerprint density at radius 1 is 1.23 bits per heavy atom. The van der Waals surface area contributed by atoms with Crippen LogP contribution < -0.4 is 15.4 Å². The second kappa shape index (κ2) is 11.1. The normalized spacial score (nSPS) is 20.3. The van der Waals surface area contributed by atoms with Gasteiger partial charge in [0.05, 0.1) is 6.42 Å². The molecule has 1 saturated carbocycles. The summed E-state index contributed by atoms with van der Waals surface area (Å²) in [6, 6.07) is 7.25. The number of nitrogens with one attached hydrogen (secondary N) is 2. The third kappa shape index (κ3) is 9.41. The number of carbonyl (C=O) groups is 1. The second-order valence-corrected chi connectivity index (χ2v) is 8.79. The van der Waals surface area contributed by atoms with E-state index in [9.17, 15) is 20.0 Å². The van der Waals surface area contributed by atoms with E-state index in [2.05, 4.69) is 15.5 Å². The number of β-amino-alcohol motifs (C(OH)–C–C–N with tert-alkyl or cyclic N) is 1. The molecule has 1 aromatic rings. The molecule has 9 heteroatoms. The first kappa shape index (κ1) is 23.9. The predicted molar refractivity (Wildman–Crippen MR) is 112 cm³/mol.